The van der Waals surface area contributed by atoms with Gasteiger partial charge in [0, 0.05) is 23.4 Å². The number of ether oxygens (including phenoxy) is 2. The van der Waals surface area contributed by atoms with Crippen molar-refractivity contribution in [1.82, 2.24) is 15.6 Å². The molecule has 0 spiro atoms. The summed E-state index contributed by atoms with van der Waals surface area (Å²) >= 11 is 11.1. The number of thiophene rings is 1. The topological polar surface area (TPSA) is 103 Å². The number of nitrogens with one attached hydrogen (secondary N) is 2. The van der Waals surface area contributed by atoms with Gasteiger partial charge in [0.05, 0.1) is 22.0 Å². The maximum atomic E-state index is 12.3. The van der Waals surface area contributed by atoms with Crippen molar-refractivity contribution in [1.29, 1.82) is 0 Å². The Balaban J connectivity index is 1.73. The second-order valence-corrected chi connectivity index (χ2v) is 10.3. The number of hydrogen-bond acceptors (Lipinski definition) is 7. The van der Waals surface area contributed by atoms with Gasteiger partial charge in [-0.05, 0) is 55.8 Å². The van der Waals surface area contributed by atoms with Crippen LogP contribution < -0.4 is 15.4 Å². The minimum absolute atomic E-state index is 0.191. The molecule has 32 heavy (non-hydrogen) atoms. The third kappa shape index (κ3) is 6.60. The van der Waals surface area contributed by atoms with Crippen LogP contribution >= 0.6 is 38.9 Å². The highest BCUT2D eigenvalue weighted by Gasteiger charge is 2.22. The molecule has 0 bridgehead atoms. The van der Waals surface area contributed by atoms with E-state index in [1.54, 1.807) is 12.1 Å². The summed E-state index contributed by atoms with van der Waals surface area (Å²) in [7, 11) is 0. The summed E-state index contributed by atoms with van der Waals surface area (Å²) in [5, 5.41) is 5.63. The zero-order valence-corrected chi connectivity index (χ0v) is 21.1. The molecule has 0 aliphatic carbocycles. The van der Waals surface area contributed by atoms with Gasteiger partial charge in [-0.15, -0.1) is 11.3 Å². The molecular weight excluding hydrogens is 522 g/mol. The van der Waals surface area contributed by atoms with Crippen molar-refractivity contribution < 1.29 is 23.5 Å². The van der Waals surface area contributed by atoms with Crippen LogP contribution in [0.15, 0.2) is 33.4 Å². The first kappa shape index (κ1) is 24.3. The summed E-state index contributed by atoms with van der Waals surface area (Å²) in [6, 6.07) is 4.77. The van der Waals surface area contributed by atoms with Gasteiger partial charge in [0.1, 0.15) is 22.0 Å². The minimum atomic E-state index is -0.643. The summed E-state index contributed by atoms with van der Waals surface area (Å²) in [6.45, 7) is 7.49. The molecule has 11 heteroatoms. The zero-order chi connectivity index (χ0) is 23.5. The molecule has 3 aromatic heterocycles. The largest absolute Gasteiger partial charge is 0.467 e. The second-order valence-electron chi connectivity index (χ2n) is 8.03. The Bertz CT molecular complexity index is 1110. The number of halogens is 2. The number of rotatable bonds is 6. The van der Waals surface area contributed by atoms with E-state index >= 15 is 0 Å². The van der Waals surface area contributed by atoms with Crippen molar-refractivity contribution in [2.24, 2.45) is 0 Å². The molecule has 3 heterocycles. The Hall–Kier alpha value is -2.30. The third-order valence-electron chi connectivity index (χ3n) is 4.03. The molecule has 2 N–H and O–H groups in total. The molecule has 2 amide bonds. The van der Waals surface area contributed by atoms with Gasteiger partial charge in [-0.3, -0.25) is 0 Å². The standard InChI is InChI=1S/C21H23BrClN3O5S/c1-11(25-20(28)31-21(2,3)4)8-14-16(22)17-18(32-14)13(9-15(23)26-17)30-19(27)24-10-12-6-5-7-29-12/h5-7,9,11H,8,10H2,1-4H3,(H,24,27)(H,25,28). The first-order valence-corrected chi connectivity index (χ1v) is 11.8. The van der Waals surface area contributed by atoms with Crippen LogP contribution in [0.4, 0.5) is 9.59 Å². The normalized spacial score (nSPS) is 12.4. The molecule has 8 nitrogen and oxygen atoms in total. The molecule has 0 aliphatic heterocycles. The number of alkyl carbamates (subject to hydrolysis) is 1. The first-order valence-electron chi connectivity index (χ1n) is 9.77. The number of furan rings is 1. The monoisotopic (exact) mass is 543 g/mol. The van der Waals surface area contributed by atoms with Gasteiger partial charge in [-0.2, -0.15) is 0 Å². The van der Waals surface area contributed by atoms with E-state index in [4.69, 9.17) is 25.5 Å². The van der Waals surface area contributed by atoms with E-state index in [0.29, 0.717) is 28.1 Å². The predicted octanol–water partition coefficient (Wildman–Crippen LogP) is 6.05. The summed E-state index contributed by atoms with van der Waals surface area (Å²) in [4.78, 5) is 29.6. The zero-order valence-electron chi connectivity index (χ0n) is 18.0. The van der Waals surface area contributed by atoms with Crippen molar-refractivity contribution in [3.8, 4) is 5.75 Å². The maximum Gasteiger partial charge on any atom is 0.413 e. The fourth-order valence-corrected chi connectivity index (χ4v) is 5.00. The SMILES string of the molecule is CC(Cc1sc2c(OC(=O)NCc3ccco3)cc(Cl)nc2c1Br)NC(=O)OC(C)(C)C. The predicted molar refractivity (Wildman–Crippen MR) is 126 cm³/mol. The lowest BCUT2D eigenvalue weighted by atomic mass is 10.2. The average Bonchev–Trinajstić information content (AvgIpc) is 3.28. The van der Waals surface area contributed by atoms with E-state index < -0.39 is 17.8 Å². The minimum Gasteiger partial charge on any atom is -0.467 e. The molecule has 1 atom stereocenters. The summed E-state index contributed by atoms with van der Waals surface area (Å²) in [5.41, 5.74) is 0.00248. The fourth-order valence-electron chi connectivity index (χ4n) is 2.78. The molecule has 0 fully saturated rings. The molecule has 0 radical (unpaired) electrons. The fraction of sp³-hybridized carbons (Fsp3) is 0.381. The van der Waals surface area contributed by atoms with Crippen LogP contribution in [0.3, 0.4) is 0 Å². The van der Waals surface area contributed by atoms with E-state index in [9.17, 15) is 9.59 Å². The number of pyridine rings is 1. The van der Waals surface area contributed by atoms with Crippen LogP contribution in [0.2, 0.25) is 5.15 Å². The molecule has 0 aromatic carbocycles. The Labute approximate surface area is 202 Å². The quantitative estimate of drug-likeness (QED) is 0.366. The molecule has 0 saturated heterocycles. The lowest BCUT2D eigenvalue weighted by Gasteiger charge is -2.21. The van der Waals surface area contributed by atoms with Gasteiger partial charge < -0.3 is 24.5 Å². The number of carbonyl (C=O) groups excluding carboxylic acids is 2. The Morgan fingerprint density at radius 3 is 2.75 bits per heavy atom. The molecule has 172 valence electrons. The van der Waals surface area contributed by atoms with Gasteiger partial charge in [0.15, 0.2) is 5.75 Å². The number of carbonyl (C=O) groups is 2. The van der Waals surface area contributed by atoms with Gasteiger partial charge >= 0.3 is 12.2 Å². The third-order valence-corrected chi connectivity index (χ3v) is 6.56. The Morgan fingerprint density at radius 1 is 1.34 bits per heavy atom. The van der Waals surface area contributed by atoms with Crippen molar-refractivity contribution >= 4 is 61.3 Å². The van der Waals surface area contributed by atoms with E-state index in [1.807, 2.05) is 27.7 Å². The second kappa shape index (κ2) is 10.1. The number of nitrogens with zero attached hydrogens (tertiary/aromatic N) is 1. The van der Waals surface area contributed by atoms with E-state index in [-0.39, 0.29) is 17.7 Å². The van der Waals surface area contributed by atoms with Gasteiger partial charge in [0.25, 0.3) is 0 Å². The van der Waals surface area contributed by atoms with Crippen molar-refractivity contribution in [2.45, 2.75) is 52.3 Å². The summed E-state index contributed by atoms with van der Waals surface area (Å²) in [6.07, 6.45) is 0.914. The number of fused-ring (bicyclic) bond motifs is 1. The lowest BCUT2D eigenvalue weighted by molar-refractivity contribution is 0.0508. The van der Waals surface area contributed by atoms with Crippen LogP contribution in [-0.4, -0.2) is 28.8 Å². The molecule has 3 rings (SSSR count). The van der Waals surface area contributed by atoms with Crippen LogP contribution in [0.5, 0.6) is 5.75 Å². The average molecular weight is 545 g/mol. The first-order chi connectivity index (χ1) is 15.0. The molecule has 0 aliphatic rings. The van der Waals surface area contributed by atoms with Gasteiger partial charge in [-0.1, -0.05) is 11.6 Å². The van der Waals surface area contributed by atoms with Crippen molar-refractivity contribution in [2.75, 3.05) is 0 Å². The van der Waals surface area contributed by atoms with Crippen LogP contribution in [0.25, 0.3) is 10.2 Å². The van der Waals surface area contributed by atoms with Crippen LogP contribution in [0, 0.1) is 0 Å². The maximum absolute atomic E-state index is 12.3. The van der Waals surface area contributed by atoms with E-state index in [2.05, 4.69) is 31.5 Å². The van der Waals surface area contributed by atoms with Crippen molar-refractivity contribution in [3.05, 3.63) is 44.7 Å². The molecule has 1 unspecified atom stereocenters. The summed E-state index contributed by atoms with van der Waals surface area (Å²) < 4.78 is 17.4. The van der Waals surface area contributed by atoms with Crippen LogP contribution in [-0.2, 0) is 17.7 Å². The van der Waals surface area contributed by atoms with Crippen LogP contribution in [0.1, 0.15) is 38.3 Å². The smallest absolute Gasteiger partial charge is 0.413 e. The van der Waals surface area contributed by atoms with Gasteiger partial charge in [-0.25, -0.2) is 14.6 Å². The number of hydrogen-bond donors (Lipinski definition) is 2. The highest BCUT2D eigenvalue weighted by molar-refractivity contribution is 9.10. The number of aromatic nitrogens is 1. The highest BCUT2D eigenvalue weighted by Crippen LogP contribution is 2.41. The molecular formula is C21H23BrClN3O5S. The van der Waals surface area contributed by atoms with E-state index in [0.717, 1.165) is 9.35 Å². The number of amides is 2. The van der Waals surface area contributed by atoms with E-state index in [1.165, 1.54) is 23.7 Å². The summed E-state index contributed by atoms with van der Waals surface area (Å²) in [5.74, 6) is 0.897. The molecule has 3 aromatic rings. The highest BCUT2D eigenvalue weighted by atomic mass is 79.9. The lowest BCUT2D eigenvalue weighted by Crippen LogP contribution is -2.38. The molecule has 0 saturated carbocycles. The Kier molecular flexibility index (Phi) is 7.68. The van der Waals surface area contributed by atoms with Gasteiger partial charge in [0.2, 0.25) is 0 Å². The van der Waals surface area contributed by atoms with Crippen molar-refractivity contribution in [3.63, 3.8) is 0 Å². The Morgan fingerprint density at radius 2 is 2.09 bits per heavy atom.